The molecular formula is C14H17N3. The maximum absolute atomic E-state index is 4.18. The molecule has 1 aliphatic heterocycles. The van der Waals surface area contributed by atoms with Crippen molar-refractivity contribution < 1.29 is 0 Å². The molecule has 1 aliphatic rings. The average molecular weight is 227 g/mol. The molecule has 2 heterocycles. The first-order valence-electron chi connectivity index (χ1n) is 6.13. The van der Waals surface area contributed by atoms with Crippen molar-refractivity contribution in [3.63, 3.8) is 0 Å². The highest BCUT2D eigenvalue weighted by Gasteiger charge is 2.22. The third kappa shape index (κ3) is 1.87. The number of fused-ring (bicyclic) bond motifs is 1. The number of benzene rings is 1. The topological polar surface area (TPSA) is 28.2 Å². The Balaban J connectivity index is 2.00. The molecule has 3 nitrogen and oxygen atoms in total. The number of pyridine rings is 1. The standard InChI is InChI=1S/C14H17N3/c1-15-12-6-8-17(10-12)14-4-2-3-11-9-16-7-5-13(11)14/h2-5,7,9,12,15H,6,8,10H2,1H3. The van der Waals surface area contributed by atoms with Gasteiger partial charge in [-0.05, 0) is 25.6 Å². The summed E-state index contributed by atoms with van der Waals surface area (Å²) in [7, 11) is 2.04. The van der Waals surface area contributed by atoms with Crippen molar-refractivity contribution in [3.8, 4) is 0 Å². The van der Waals surface area contributed by atoms with Gasteiger partial charge < -0.3 is 10.2 Å². The summed E-state index contributed by atoms with van der Waals surface area (Å²) in [5.74, 6) is 0. The number of rotatable bonds is 2. The second kappa shape index (κ2) is 4.34. The third-order valence-electron chi connectivity index (χ3n) is 3.59. The van der Waals surface area contributed by atoms with Gasteiger partial charge in [0.15, 0.2) is 0 Å². The summed E-state index contributed by atoms with van der Waals surface area (Å²) in [4.78, 5) is 6.64. The zero-order valence-electron chi connectivity index (χ0n) is 10.1. The normalized spacial score (nSPS) is 20.1. The van der Waals surface area contributed by atoms with Gasteiger partial charge in [-0.15, -0.1) is 0 Å². The zero-order chi connectivity index (χ0) is 11.7. The van der Waals surface area contributed by atoms with Gasteiger partial charge in [0.1, 0.15) is 0 Å². The molecular weight excluding hydrogens is 210 g/mol. The number of aromatic nitrogens is 1. The molecule has 1 aromatic carbocycles. The maximum atomic E-state index is 4.18. The first-order chi connectivity index (χ1) is 8.38. The predicted molar refractivity (Wildman–Crippen MR) is 71.4 cm³/mol. The van der Waals surface area contributed by atoms with Crippen LogP contribution in [-0.4, -0.2) is 31.2 Å². The van der Waals surface area contributed by atoms with Crippen LogP contribution < -0.4 is 10.2 Å². The fourth-order valence-electron chi connectivity index (χ4n) is 2.60. The minimum Gasteiger partial charge on any atom is -0.369 e. The minimum atomic E-state index is 0.618. The van der Waals surface area contributed by atoms with Gasteiger partial charge in [-0.1, -0.05) is 12.1 Å². The van der Waals surface area contributed by atoms with Crippen LogP contribution in [0.1, 0.15) is 6.42 Å². The van der Waals surface area contributed by atoms with Crippen LogP contribution in [0.5, 0.6) is 0 Å². The minimum absolute atomic E-state index is 0.618. The smallest absolute Gasteiger partial charge is 0.0447 e. The molecule has 88 valence electrons. The van der Waals surface area contributed by atoms with Crippen molar-refractivity contribution >= 4 is 16.5 Å². The van der Waals surface area contributed by atoms with E-state index in [9.17, 15) is 0 Å². The first-order valence-corrected chi connectivity index (χ1v) is 6.13. The van der Waals surface area contributed by atoms with Crippen molar-refractivity contribution in [1.82, 2.24) is 10.3 Å². The lowest BCUT2D eigenvalue weighted by molar-refractivity contribution is 0.617. The molecule has 17 heavy (non-hydrogen) atoms. The number of nitrogens with one attached hydrogen (secondary N) is 1. The molecule has 0 bridgehead atoms. The molecule has 0 spiro atoms. The molecule has 0 amide bonds. The Kier molecular flexibility index (Phi) is 2.69. The van der Waals surface area contributed by atoms with Gasteiger partial charge in [0.05, 0.1) is 0 Å². The molecule has 1 unspecified atom stereocenters. The lowest BCUT2D eigenvalue weighted by Gasteiger charge is -2.20. The number of likely N-dealkylation sites (N-methyl/N-ethyl adjacent to an activating group) is 1. The maximum Gasteiger partial charge on any atom is 0.0447 e. The van der Waals surface area contributed by atoms with Crippen molar-refractivity contribution in [1.29, 1.82) is 0 Å². The Hall–Kier alpha value is -1.61. The molecule has 3 rings (SSSR count). The first kappa shape index (κ1) is 10.5. The number of nitrogens with zero attached hydrogens (tertiary/aromatic N) is 2. The van der Waals surface area contributed by atoms with Crippen LogP contribution >= 0.6 is 0 Å². The molecule has 1 aromatic heterocycles. The number of anilines is 1. The van der Waals surface area contributed by atoms with E-state index in [2.05, 4.69) is 39.5 Å². The van der Waals surface area contributed by atoms with E-state index in [1.807, 2.05) is 19.4 Å². The van der Waals surface area contributed by atoms with Crippen LogP contribution in [0.25, 0.3) is 10.8 Å². The van der Waals surface area contributed by atoms with E-state index in [1.54, 1.807) is 0 Å². The largest absolute Gasteiger partial charge is 0.369 e. The van der Waals surface area contributed by atoms with Gasteiger partial charge in [-0.25, -0.2) is 0 Å². The van der Waals surface area contributed by atoms with Gasteiger partial charge in [0, 0.05) is 48.0 Å². The fraction of sp³-hybridized carbons (Fsp3) is 0.357. The van der Waals surface area contributed by atoms with Crippen LogP contribution in [0.4, 0.5) is 5.69 Å². The number of hydrogen-bond donors (Lipinski definition) is 1. The van der Waals surface area contributed by atoms with E-state index >= 15 is 0 Å². The molecule has 0 saturated carbocycles. The Morgan fingerprint density at radius 1 is 1.35 bits per heavy atom. The molecule has 1 fully saturated rings. The molecule has 1 N–H and O–H groups in total. The summed E-state index contributed by atoms with van der Waals surface area (Å²) in [5, 5.41) is 5.88. The van der Waals surface area contributed by atoms with E-state index in [4.69, 9.17) is 0 Å². The van der Waals surface area contributed by atoms with E-state index in [0.29, 0.717) is 6.04 Å². The Bertz CT molecular complexity index is 518. The lowest BCUT2D eigenvalue weighted by atomic mass is 10.1. The summed E-state index contributed by atoms with van der Waals surface area (Å²) in [6, 6.07) is 9.17. The summed E-state index contributed by atoms with van der Waals surface area (Å²) >= 11 is 0. The van der Waals surface area contributed by atoms with Crippen molar-refractivity contribution in [2.24, 2.45) is 0 Å². The fourth-order valence-corrected chi connectivity index (χ4v) is 2.60. The van der Waals surface area contributed by atoms with Gasteiger partial charge >= 0.3 is 0 Å². The summed E-state index contributed by atoms with van der Waals surface area (Å²) in [6.07, 6.45) is 5.03. The van der Waals surface area contributed by atoms with Crippen LogP contribution in [0.3, 0.4) is 0 Å². The molecule has 0 radical (unpaired) electrons. The lowest BCUT2D eigenvalue weighted by Crippen LogP contribution is -2.29. The molecule has 0 aliphatic carbocycles. The average Bonchev–Trinajstić information content (AvgIpc) is 2.87. The number of hydrogen-bond acceptors (Lipinski definition) is 3. The Morgan fingerprint density at radius 3 is 3.12 bits per heavy atom. The van der Waals surface area contributed by atoms with E-state index in [-0.39, 0.29) is 0 Å². The summed E-state index contributed by atoms with van der Waals surface area (Å²) in [5.41, 5.74) is 1.34. The molecule has 1 saturated heterocycles. The van der Waals surface area contributed by atoms with E-state index in [0.717, 1.165) is 13.1 Å². The van der Waals surface area contributed by atoms with Gasteiger partial charge in [-0.3, -0.25) is 4.98 Å². The molecule has 1 atom stereocenters. The highest BCUT2D eigenvalue weighted by molar-refractivity contribution is 5.93. The Morgan fingerprint density at radius 2 is 2.29 bits per heavy atom. The van der Waals surface area contributed by atoms with Crippen molar-refractivity contribution in [2.75, 3.05) is 25.0 Å². The van der Waals surface area contributed by atoms with Crippen molar-refractivity contribution in [3.05, 3.63) is 36.7 Å². The van der Waals surface area contributed by atoms with Gasteiger partial charge in [-0.2, -0.15) is 0 Å². The quantitative estimate of drug-likeness (QED) is 0.851. The van der Waals surface area contributed by atoms with E-state index in [1.165, 1.54) is 22.9 Å². The van der Waals surface area contributed by atoms with E-state index < -0.39 is 0 Å². The highest BCUT2D eigenvalue weighted by atomic mass is 15.2. The second-order valence-corrected chi connectivity index (χ2v) is 4.59. The van der Waals surface area contributed by atoms with Crippen LogP contribution in [0.15, 0.2) is 36.7 Å². The SMILES string of the molecule is CNC1CCN(c2cccc3cnccc23)C1. The summed E-state index contributed by atoms with van der Waals surface area (Å²) in [6.45, 7) is 2.23. The van der Waals surface area contributed by atoms with Crippen LogP contribution in [0.2, 0.25) is 0 Å². The van der Waals surface area contributed by atoms with Crippen LogP contribution in [0, 0.1) is 0 Å². The van der Waals surface area contributed by atoms with Gasteiger partial charge in [0.25, 0.3) is 0 Å². The third-order valence-corrected chi connectivity index (χ3v) is 3.59. The van der Waals surface area contributed by atoms with Gasteiger partial charge in [0.2, 0.25) is 0 Å². The molecule has 2 aromatic rings. The van der Waals surface area contributed by atoms with Crippen molar-refractivity contribution in [2.45, 2.75) is 12.5 Å². The Labute approximate surface area is 101 Å². The zero-order valence-corrected chi connectivity index (χ0v) is 10.1. The predicted octanol–water partition coefficient (Wildman–Crippen LogP) is 2.03. The monoisotopic (exact) mass is 227 g/mol. The molecule has 3 heteroatoms. The highest BCUT2D eigenvalue weighted by Crippen LogP contribution is 2.28. The van der Waals surface area contributed by atoms with Crippen LogP contribution in [-0.2, 0) is 0 Å². The second-order valence-electron chi connectivity index (χ2n) is 4.59. The summed E-state index contributed by atoms with van der Waals surface area (Å²) < 4.78 is 0.